The van der Waals surface area contributed by atoms with Crippen molar-refractivity contribution >= 4 is 5.69 Å². The molecule has 0 aliphatic carbocycles. The first kappa shape index (κ1) is 17.6. The number of ether oxygens (including phenoxy) is 1. The van der Waals surface area contributed by atoms with Gasteiger partial charge in [0.1, 0.15) is 11.5 Å². The number of para-hydroxylation sites is 2. The second kappa shape index (κ2) is 8.29. The molecule has 4 aromatic rings. The first-order chi connectivity index (χ1) is 13.8. The highest BCUT2D eigenvalue weighted by atomic mass is 16.9. The zero-order valence-corrected chi connectivity index (χ0v) is 15.1. The minimum Gasteiger partial charge on any atom is -0.724 e. The third kappa shape index (κ3) is 4.31. The lowest BCUT2D eigenvalue weighted by Crippen LogP contribution is -2.19. The normalized spacial score (nSPS) is 10.3. The maximum absolute atomic E-state index is 12.0. The van der Waals surface area contributed by atoms with Crippen molar-refractivity contribution in [3.63, 3.8) is 0 Å². The number of hydrogen-bond acceptors (Lipinski definition) is 4. The Morgan fingerprint density at radius 2 is 0.964 bits per heavy atom. The lowest BCUT2D eigenvalue weighted by molar-refractivity contribution is 0.319. The van der Waals surface area contributed by atoms with Crippen LogP contribution in [0.15, 0.2) is 109 Å². The molecule has 0 radical (unpaired) electrons. The SMILES string of the molecule is [O-]N(Oc1ccc(-c2ccc(Oc3ccccc3)cc2)cc1)c1ccccc1. The van der Waals surface area contributed by atoms with Gasteiger partial charge < -0.3 is 14.8 Å². The number of nitrogens with zero attached hydrogens (tertiary/aromatic N) is 1. The topological polar surface area (TPSA) is 44.8 Å². The molecular formula is C24H18NO3-. The summed E-state index contributed by atoms with van der Waals surface area (Å²) in [5, 5.41) is 12.5. The maximum Gasteiger partial charge on any atom is 0.154 e. The van der Waals surface area contributed by atoms with Crippen LogP contribution in [0.2, 0.25) is 0 Å². The van der Waals surface area contributed by atoms with Gasteiger partial charge in [-0.15, -0.1) is 0 Å². The molecule has 0 fully saturated rings. The number of benzene rings is 4. The molecule has 0 aliphatic rings. The van der Waals surface area contributed by atoms with Gasteiger partial charge in [-0.1, -0.05) is 60.7 Å². The van der Waals surface area contributed by atoms with Gasteiger partial charge in [0.25, 0.3) is 0 Å². The summed E-state index contributed by atoms with van der Waals surface area (Å²) in [4.78, 5) is 5.33. The molecule has 0 amide bonds. The molecule has 0 saturated heterocycles. The highest BCUT2D eigenvalue weighted by Crippen LogP contribution is 2.27. The Bertz CT molecular complexity index is 1000. The highest BCUT2D eigenvalue weighted by molar-refractivity contribution is 5.65. The Morgan fingerprint density at radius 1 is 0.500 bits per heavy atom. The third-order valence-corrected chi connectivity index (χ3v) is 4.18. The molecule has 0 N–H and O–H groups in total. The second-order valence-electron chi connectivity index (χ2n) is 6.15. The fourth-order valence-electron chi connectivity index (χ4n) is 2.75. The molecule has 4 rings (SSSR count). The van der Waals surface area contributed by atoms with E-state index in [1.807, 2.05) is 72.8 Å². The van der Waals surface area contributed by atoms with Crippen molar-refractivity contribution in [1.29, 1.82) is 0 Å². The Kier molecular flexibility index (Phi) is 5.22. The van der Waals surface area contributed by atoms with Crippen LogP contribution < -0.4 is 14.8 Å². The summed E-state index contributed by atoms with van der Waals surface area (Å²) in [5.41, 5.74) is 2.52. The van der Waals surface area contributed by atoms with E-state index in [2.05, 4.69) is 0 Å². The number of anilines is 1. The van der Waals surface area contributed by atoms with Crippen LogP contribution in [0.3, 0.4) is 0 Å². The summed E-state index contributed by atoms with van der Waals surface area (Å²) in [6, 6.07) is 33.7. The third-order valence-electron chi connectivity index (χ3n) is 4.18. The smallest absolute Gasteiger partial charge is 0.154 e. The van der Waals surface area contributed by atoms with Crippen molar-refractivity contribution in [1.82, 2.24) is 0 Å². The molecule has 0 saturated carbocycles. The summed E-state index contributed by atoms with van der Waals surface area (Å²) in [6.07, 6.45) is 0. The van der Waals surface area contributed by atoms with Crippen LogP contribution in [0.1, 0.15) is 0 Å². The van der Waals surface area contributed by atoms with Crippen molar-refractivity contribution < 1.29 is 9.57 Å². The van der Waals surface area contributed by atoms with Crippen molar-refractivity contribution in [2.24, 2.45) is 0 Å². The van der Waals surface area contributed by atoms with Gasteiger partial charge in [0.2, 0.25) is 0 Å². The van der Waals surface area contributed by atoms with E-state index in [-0.39, 0.29) is 0 Å². The monoisotopic (exact) mass is 368 g/mol. The van der Waals surface area contributed by atoms with Crippen molar-refractivity contribution in [3.05, 3.63) is 114 Å². The van der Waals surface area contributed by atoms with Gasteiger partial charge in [0.05, 0.1) is 5.69 Å². The Labute approximate surface area is 163 Å². The average molecular weight is 368 g/mol. The first-order valence-electron chi connectivity index (χ1n) is 8.92. The van der Waals surface area contributed by atoms with E-state index in [4.69, 9.17) is 9.57 Å². The van der Waals surface area contributed by atoms with Crippen molar-refractivity contribution in [2.75, 3.05) is 5.23 Å². The lowest BCUT2D eigenvalue weighted by atomic mass is 10.1. The first-order valence-corrected chi connectivity index (χ1v) is 8.92. The van der Waals surface area contributed by atoms with E-state index in [1.54, 1.807) is 36.4 Å². The van der Waals surface area contributed by atoms with Crippen molar-refractivity contribution in [2.45, 2.75) is 0 Å². The van der Waals surface area contributed by atoms with Gasteiger partial charge in [-0.25, -0.2) is 0 Å². The van der Waals surface area contributed by atoms with Crippen LogP contribution in [0.25, 0.3) is 11.1 Å². The van der Waals surface area contributed by atoms with E-state index in [9.17, 15) is 5.21 Å². The summed E-state index contributed by atoms with van der Waals surface area (Å²) >= 11 is 0. The van der Waals surface area contributed by atoms with Crippen LogP contribution in [0.5, 0.6) is 17.2 Å². The van der Waals surface area contributed by atoms with Crippen LogP contribution in [-0.4, -0.2) is 0 Å². The molecule has 0 aromatic heterocycles. The number of hydrogen-bond donors (Lipinski definition) is 0. The fraction of sp³-hybridized carbons (Fsp3) is 0. The Morgan fingerprint density at radius 3 is 1.54 bits per heavy atom. The fourth-order valence-corrected chi connectivity index (χ4v) is 2.75. The van der Waals surface area contributed by atoms with E-state index < -0.39 is 0 Å². The van der Waals surface area contributed by atoms with Gasteiger partial charge in [-0.05, 0) is 59.7 Å². The molecule has 0 bridgehead atoms. The van der Waals surface area contributed by atoms with E-state index in [0.29, 0.717) is 16.7 Å². The van der Waals surface area contributed by atoms with E-state index in [0.717, 1.165) is 22.6 Å². The maximum atomic E-state index is 12.0. The van der Waals surface area contributed by atoms with Gasteiger partial charge >= 0.3 is 0 Å². The predicted octanol–water partition coefficient (Wildman–Crippen LogP) is 6.44. The lowest BCUT2D eigenvalue weighted by Gasteiger charge is -2.29. The standard InChI is InChI=1S/C24H18NO3/c26-25(21-7-3-1-4-8-21)28-24-17-13-20(14-18-24)19-11-15-23(16-12-19)27-22-9-5-2-6-10-22/h1-18H/q-1. The molecule has 0 aliphatic heterocycles. The Balaban J connectivity index is 1.42. The van der Waals surface area contributed by atoms with E-state index in [1.165, 1.54) is 0 Å². The van der Waals surface area contributed by atoms with Crippen LogP contribution >= 0.6 is 0 Å². The molecule has 0 atom stereocenters. The van der Waals surface area contributed by atoms with Gasteiger partial charge in [-0.3, -0.25) is 5.23 Å². The Hall–Kier alpha value is -3.76. The zero-order valence-electron chi connectivity index (χ0n) is 15.1. The highest BCUT2D eigenvalue weighted by Gasteiger charge is 2.03. The quantitative estimate of drug-likeness (QED) is 0.367. The number of rotatable bonds is 6. The van der Waals surface area contributed by atoms with Crippen LogP contribution in [-0.2, 0) is 0 Å². The zero-order chi connectivity index (χ0) is 19.2. The molecular weight excluding hydrogens is 350 g/mol. The summed E-state index contributed by atoms with van der Waals surface area (Å²) in [5.74, 6) is 2.06. The minimum absolute atomic E-state index is 0.445. The molecule has 0 unspecified atom stereocenters. The summed E-state index contributed by atoms with van der Waals surface area (Å²) in [7, 11) is 0. The largest absolute Gasteiger partial charge is 0.724 e. The summed E-state index contributed by atoms with van der Waals surface area (Å²) < 4.78 is 5.81. The van der Waals surface area contributed by atoms with Gasteiger partial charge in [0.15, 0.2) is 5.75 Å². The summed E-state index contributed by atoms with van der Waals surface area (Å²) in [6.45, 7) is 0. The molecule has 138 valence electrons. The predicted molar refractivity (Wildman–Crippen MR) is 111 cm³/mol. The molecule has 28 heavy (non-hydrogen) atoms. The molecule has 0 heterocycles. The molecule has 4 aromatic carbocycles. The van der Waals surface area contributed by atoms with Gasteiger partial charge in [-0.2, -0.15) is 0 Å². The van der Waals surface area contributed by atoms with Crippen molar-refractivity contribution in [3.8, 4) is 28.4 Å². The van der Waals surface area contributed by atoms with E-state index >= 15 is 0 Å². The minimum atomic E-state index is 0.445. The van der Waals surface area contributed by atoms with Crippen LogP contribution in [0, 0.1) is 5.21 Å². The molecule has 0 spiro atoms. The average Bonchev–Trinajstić information content (AvgIpc) is 2.76. The van der Waals surface area contributed by atoms with Crippen LogP contribution in [0.4, 0.5) is 5.69 Å². The molecule has 4 nitrogen and oxygen atoms in total. The van der Waals surface area contributed by atoms with Gasteiger partial charge in [0, 0.05) is 0 Å². The second-order valence-corrected chi connectivity index (χ2v) is 6.15. The molecule has 4 heteroatoms.